The summed E-state index contributed by atoms with van der Waals surface area (Å²) in [6.07, 6.45) is 7.91. The summed E-state index contributed by atoms with van der Waals surface area (Å²) in [5.41, 5.74) is -0.287. The molecule has 0 bridgehead atoms. The van der Waals surface area contributed by atoms with E-state index < -0.39 is 29.5 Å². The van der Waals surface area contributed by atoms with Crippen molar-refractivity contribution in [1.29, 1.82) is 0 Å². The third kappa shape index (κ3) is 3.38. The van der Waals surface area contributed by atoms with Crippen molar-refractivity contribution in [2.45, 2.75) is 112 Å². The number of ether oxygens (including phenoxy) is 1. The zero-order chi connectivity index (χ0) is 25.3. The predicted octanol–water partition coefficient (Wildman–Crippen LogP) is 5.37. The molecule has 4 unspecified atom stereocenters. The van der Waals surface area contributed by atoms with E-state index in [1.54, 1.807) is 0 Å². The van der Waals surface area contributed by atoms with E-state index in [-0.39, 0.29) is 28.5 Å². The zero-order valence-electron chi connectivity index (χ0n) is 22.4. The molecule has 0 aromatic heterocycles. The van der Waals surface area contributed by atoms with Crippen molar-refractivity contribution in [3.63, 3.8) is 0 Å². The van der Waals surface area contributed by atoms with Gasteiger partial charge < -0.3 is 14.6 Å². The summed E-state index contributed by atoms with van der Waals surface area (Å²) in [4.78, 5) is 37.5. The van der Waals surface area contributed by atoms with Gasteiger partial charge in [0.25, 0.3) is 0 Å². The Kier molecular flexibility index (Phi) is 6.40. The number of rotatable bonds is 4. The minimum absolute atomic E-state index is 0.0106. The number of aliphatic hydroxyl groups is 1. The Morgan fingerprint density at radius 2 is 1.62 bits per heavy atom. The second kappa shape index (κ2) is 8.42. The van der Waals surface area contributed by atoms with Crippen LogP contribution >= 0.6 is 0 Å². The summed E-state index contributed by atoms with van der Waals surface area (Å²) in [6.45, 7) is 14.6. The van der Waals surface area contributed by atoms with Crippen LogP contribution in [0, 0.1) is 51.2 Å². The van der Waals surface area contributed by atoms with Gasteiger partial charge in [0.05, 0.1) is 12.0 Å². The maximum absolute atomic E-state index is 12.6. The maximum atomic E-state index is 12.6. The van der Waals surface area contributed by atoms with E-state index >= 15 is 0 Å². The molecule has 0 aliphatic heterocycles. The Morgan fingerprint density at radius 3 is 2.18 bits per heavy atom. The fourth-order valence-electron chi connectivity index (χ4n) is 10.4. The maximum Gasteiger partial charge on any atom is 0.302 e. The molecule has 11 atom stereocenters. The predicted molar refractivity (Wildman–Crippen MR) is 131 cm³/mol. The van der Waals surface area contributed by atoms with Crippen molar-refractivity contribution >= 4 is 18.0 Å². The van der Waals surface area contributed by atoms with E-state index in [2.05, 4.69) is 34.6 Å². The molecule has 4 fully saturated rings. The van der Waals surface area contributed by atoms with Crippen LogP contribution in [0.4, 0.5) is 0 Å². The number of esters is 1. The van der Waals surface area contributed by atoms with Crippen LogP contribution < -0.4 is 0 Å². The molecule has 0 heterocycles. The minimum Gasteiger partial charge on any atom is -0.462 e. The summed E-state index contributed by atoms with van der Waals surface area (Å²) < 4.78 is 6.07. The highest BCUT2D eigenvalue weighted by Gasteiger charge is 2.71. The number of fused-ring (bicyclic) bond motifs is 5. The molecule has 0 spiro atoms. The summed E-state index contributed by atoms with van der Waals surface area (Å²) in [5, 5.41) is 11.2. The van der Waals surface area contributed by atoms with Crippen LogP contribution in [0.2, 0.25) is 0 Å². The van der Waals surface area contributed by atoms with Crippen LogP contribution in [0.1, 0.15) is 99.8 Å². The Hall–Kier alpha value is -1.23. The number of hydrogen-bond donors (Lipinski definition) is 1. The summed E-state index contributed by atoms with van der Waals surface area (Å²) in [5.74, 6) is -0.889. The van der Waals surface area contributed by atoms with Gasteiger partial charge in [-0.25, -0.2) is 0 Å². The van der Waals surface area contributed by atoms with E-state index in [1.807, 2.05) is 0 Å². The van der Waals surface area contributed by atoms with Crippen molar-refractivity contribution in [3.8, 4) is 0 Å². The highest BCUT2D eigenvalue weighted by molar-refractivity contribution is 5.83. The van der Waals surface area contributed by atoms with Crippen LogP contribution in [0.15, 0.2) is 0 Å². The molecule has 0 amide bonds. The first-order valence-electron chi connectivity index (χ1n) is 13.6. The molecule has 1 N–H and O–H groups in total. The molecular weight excluding hydrogens is 428 g/mol. The molecule has 0 saturated heterocycles. The number of carbonyl (C=O) groups excluding carboxylic acids is 3. The molecular formula is C29H46O5. The van der Waals surface area contributed by atoms with E-state index in [0.717, 1.165) is 25.5 Å². The lowest BCUT2D eigenvalue weighted by Gasteiger charge is -2.71. The van der Waals surface area contributed by atoms with Gasteiger partial charge in [0.1, 0.15) is 18.2 Å². The minimum atomic E-state index is -0.836. The summed E-state index contributed by atoms with van der Waals surface area (Å²) in [6, 6.07) is 0. The van der Waals surface area contributed by atoms with Crippen LogP contribution in [0.5, 0.6) is 0 Å². The van der Waals surface area contributed by atoms with Gasteiger partial charge >= 0.3 is 5.97 Å². The molecule has 0 radical (unpaired) electrons. The monoisotopic (exact) mass is 474 g/mol. The van der Waals surface area contributed by atoms with E-state index in [1.165, 1.54) is 39.5 Å². The lowest BCUT2D eigenvalue weighted by atomic mass is 9.33. The van der Waals surface area contributed by atoms with Gasteiger partial charge in [-0.1, -0.05) is 47.5 Å². The zero-order valence-corrected chi connectivity index (χ0v) is 22.4. The second-order valence-corrected chi connectivity index (χ2v) is 13.4. The molecule has 4 rings (SSSR count). The molecule has 192 valence electrons. The van der Waals surface area contributed by atoms with Gasteiger partial charge in [-0.3, -0.25) is 9.59 Å². The first-order chi connectivity index (χ1) is 15.8. The lowest BCUT2D eigenvalue weighted by Crippen LogP contribution is -2.69. The van der Waals surface area contributed by atoms with Crippen LogP contribution in [-0.4, -0.2) is 35.4 Å². The summed E-state index contributed by atoms with van der Waals surface area (Å²) in [7, 11) is 0. The normalized spacial score (nSPS) is 52.5. The van der Waals surface area contributed by atoms with Crippen molar-refractivity contribution in [3.05, 3.63) is 0 Å². The average molecular weight is 475 g/mol. The first-order valence-corrected chi connectivity index (χ1v) is 13.6. The number of hydrogen-bond acceptors (Lipinski definition) is 5. The topological polar surface area (TPSA) is 80.7 Å². The standard InChI is InChI=1S/C29H46O5/c1-8-26(4)11-9-12-27(5)21(26)10-13-28(6)22(27)15-24(34-18(3)32)29(7)19(16-30)25(17(2)31)20(33)14-23(28)29/h16,19-25,33H,8-15H2,1-7H3/t19-,20-,21?,22?,23?,24+,25?,26-,27-,28+,29+/m0/s1. The SMILES string of the molecule is CC[C@@]1(C)CCC[C@@]2(C)C1CC[C@]1(C)C2C[C@@H](OC(C)=O)[C@@]2(C)C1C[C@H](O)C(C(C)=O)[C@@H]2C=O. The van der Waals surface area contributed by atoms with Gasteiger partial charge in [-0.05, 0) is 79.4 Å². The fourth-order valence-corrected chi connectivity index (χ4v) is 10.4. The Bertz CT molecular complexity index is 853. The van der Waals surface area contributed by atoms with Crippen molar-refractivity contribution < 1.29 is 24.2 Å². The van der Waals surface area contributed by atoms with E-state index in [4.69, 9.17) is 4.74 Å². The van der Waals surface area contributed by atoms with Crippen molar-refractivity contribution in [2.24, 2.45) is 51.2 Å². The lowest BCUT2D eigenvalue weighted by molar-refractivity contribution is -0.262. The van der Waals surface area contributed by atoms with Gasteiger partial charge in [-0.15, -0.1) is 0 Å². The second-order valence-electron chi connectivity index (χ2n) is 13.4. The highest BCUT2D eigenvalue weighted by Crippen LogP contribution is 2.74. The number of carbonyl (C=O) groups is 3. The molecule has 5 nitrogen and oxygen atoms in total. The number of Topliss-reactive ketones (excluding diaryl/α,β-unsaturated/α-hetero) is 1. The van der Waals surface area contributed by atoms with Crippen LogP contribution in [0.25, 0.3) is 0 Å². The Morgan fingerprint density at radius 1 is 0.971 bits per heavy atom. The molecule has 34 heavy (non-hydrogen) atoms. The molecule has 4 aliphatic carbocycles. The molecule has 4 aliphatic rings. The number of aliphatic hydroxyl groups excluding tert-OH is 1. The van der Waals surface area contributed by atoms with Gasteiger partial charge in [0, 0.05) is 18.3 Å². The Balaban J connectivity index is 1.86. The molecule has 0 aromatic rings. The van der Waals surface area contributed by atoms with E-state index in [9.17, 15) is 19.5 Å². The Labute approximate surface area is 205 Å². The summed E-state index contributed by atoms with van der Waals surface area (Å²) >= 11 is 0. The fraction of sp³-hybridized carbons (Fsp3) is 0.897. The molecule has 4 saturated carbocycles. The van der Waals surface area contributed by atoms with Crippen molar-refractivity contribution in [1.82, 2.24) is 0 Å². The number of ketones is 1. The van der Waals surface area contributed by atoms with Crippen LogP contribution in [0.3, 0.4) is 0 Å². The molecule has 5 heteroatoms. The molecule has 0 aromatic carbocycles. The third-order valence-electron chi connectivity index (χ3n) is 12.1. The smallest absolute Gasteiger partial charge is 0.302 e. The van der Waals surface area contributed by atoms with Gasteiger partial charge in [0.2, 0.25) is 0 Å². The largest absolute Gasteiger partial charge is 0.462 e. The first kappa shape index (κ1) is 25.9. The highest BCUT2D eigenvalue weighted by atomic mass is 16.5. The van der Waals surface area contributed by atoms with E-state index in [0.29, 0.717) is 23.7 Å². The third-order valence-corrected chi connectivity index (χ3v) is 12.1. The quantitative estimate of drug-likeness (QED) is 0.438. The number of aldehydes is 1. The average Bonchev–Trinajstić information content (AvgIpc) is 2.75. The van der Waals surface area contributed by atoms with Gasteiger partial charge in [0.15, 0.2) is 0 Å². The van der Waals surface area contributed by atoms with Gasteiger partial charge in [-0.2, -0.15) is 0 Å². The van der Waals surface area contributed by atoms with Crippen molar-refractivity contribution in [2.75, 3.05) is 0 Å². The van der Waals surface area contributed by atoms with Crippen LogP contribution in [-0.2, 0) is 19.1 Å².